The highest BCUT2D eigenvalue weighted by Crippen LogP contribution is 2.17. The zero-order valence-electron chi connectivity index (χ0n) is 9.53. The van der Waals surface area contributed by atoms with Gasteiger partial charge in [-0.05, 0) is 18.9 Å². The summed E-state index contributed by atoms with van der Waals surface area (Å²) in [6, 6.07) is 1.16. The monoisotopic (exact) mass is 237 g/mol. The molecule has 0 aromatic carbocycles. The average molecular weight is 237 g/mol. The van der Waals surface area contributed by atoms with Gasteiger partial charge in [-0.15, -0.1) is 0 Å². The van der Waals surface area contributed by atoms with Crippen molar-refractivity contribution >= 4 is 5.91 Å². The molecule has 3 N–H and O–H groups in total. The first-order chi connectivity index (χ1) is 8.16. The first kappa shape index (κ1) is 12.0. The Morgan fingerprint density at radius 1 is 1.41 bits per heavy atom. The van der Waals surface area contributed by atoms with Crippen molar-refractivity contribution in [2.45, 2.75) is 37.8 Å². The minimum Gasteiger partial charge on any atom is -0.348 e. The summed E-state index contributed by atoms with van der Waals surface area (Å²) < 4.78 is 12.9. The van der Waals surface area contributed by atoms with Crippen LogP contribution in [0, 0.1) is 5.82 Å². The van der Waals surface area contributed by atoms with E-state index < -0.39 is 5.82 Å². The third-order valence-corrected chi connectivity index (χ3v) is 3.10. The molecule has 0 radical (unpaired) electrons. The number of rotatable bonds is 2. The highest BCUT2D eigenvalue weighted by molar-refractivity contribution is 5.94. The fourth-order valence-electron chi connectivity index (χ4n) is 2.13. The van der Waals surface area contributed by atoms with Crippen molar-refractivity contribution in [3.63, 3.8) is 0 Å². The van der Waals surface area contributed by atoms with E-state index in [0.29, 0.717) is 0 Å². The summed E-state index contributed by atoms with van der Waals surface area (Å²) in [5.74, 6) is -0.815. The second-order valence-corrected chi connectivity index (χ2v) is 4.42. The summed E-state index contributed by atoms with van der Waals surface area (Å²) in [7, 11) is 0. The fraction of sp³-hybridized carbons (Fsp3) is 0.500. The third kappa shape index (κ3) is 3.00. The lowest BCUT2D eigenvalue weighted by atomic mass is 9.91. The number of pyridine rings is 1. The first-order valence-corrected chi connectivity index (χ1v) is 5.84. The van der Waals surface area contributed by atoms with E-state index >= 15 is 0 Å². The van der Waals surface area contributed by atoms with Crippen molar-refractivity contribution in [1.29, 1.82) is 0 Å². The molecule has 2 atom stereocenters. The molecule has 92 valence electrons. The van der Waals surface area contributed by atoms with Gasteiger partial charge in [-0.25, -0.2) is 4.39 Å². The number of aromatic nitrogens is 1. The van der Waals surface area contributed by atoms with E-state index in [1.807, 2.05) is 0 Å². The van der Waals surface area contributed by atoms with Crippen molar-refractivity contribution in [2.75, 3.05) is 0 Å². The SMILES string of the molecule is NC1CCCCC1NC(=O)c1cncc(F)c1. The Bertz CT molecular complexity index is 410. The van der Waals surface area contributed by atoms with E-state index in [-0.39, 0.29) is 23.6 Å². The van der Waals surface area contributed by atoms with Gasteiger partial charge in [-0.3, -0.25) is 9.78 Å². The number of hydrogen-bond donors (Lipinski definition) is 2. The van der Waals surface area contributed by atoms with Crippen molar-refractivity contribution < 1.29 is 9.18 Å². The van der Waals surface area contributed by atoms with Crippen molar-refractivity contribution in [3.8, 4) is 0 Å². The molecule has 0 bridgehead atoms. The van der Waals surface area contributed by atoms with Crippen LogP contribution in [0.5, 0.6) is 0 Å². The number of nitrogens with zero attached hydrogens (tertiary/aromatic N) is 1. The maximum Gasteiger partial charge on any atom is 0.253 e. The predicted octanol–water partition coefficient (Wildman–Crippen LogP) is 1.22. The number of carbonyl (C=O) groups is 1. The second kappa shape index (κ2) is 5.23. The summed E-state index contributed by atoms with van der Waals surface area (Å²) >= 11 is 0. The average Bonchev–Trinajstić information content (AvgIpc) is 2.32. The summed E-state index contributed by atoms with van der Waals surface area (Å²) in [6.07, 6.45) is 6.41. The molecule has 2 unspecified atom stereocenters. The van der Waals surface area contributed by atoms with E-state index in [4.69, 9.17) is 5.73 Å². The van der Waals surface area contributed by atoms with Crippen LogP contribution in [-0.4, -0.2) is 23.0 Å². The van der Waals surface area contributed by atoms with Crippen molar-refractivity contribution in [2.24, 2.45) is 5.73 Å². The second-order valence-electron chi connectivity index (χ2n) is 4.42. The molecule has 2 rings (SSSR count). The molecule has 1 aromatic heterocycles. The summed E-state index contributed by atoms with van der Waals surface area (Å²) in [5.41, 5.74) is 6.17. The van der Waals surface area contributed by atoms with E-state index in [1.54, 1.807) is 0 Å². The van der Waals surface area contributed by atoms with E-state index in [9.17, 15) is 9.18 Å². The molecule has 0 spiro atoms. The van der Waals surface area contributed by atoms with Crippen LogP contribution >= 0.6 is 0 Å². The molecule has 1 heterocycles. The fourth-order valence-corrected chi connectivity index (χ4v) is 2.13. The molecule has 1 aliphatic rings. The van der Waals surface area contributed by atoms with Gasteiger partial charge in [0.25, 0.3) is 5.91 Å². The summed E-state index contributed by atoms with van der Waals surface area (Å²) in [6.45, 7) is 0. The molecule has 1 aliphatic carbocycles. The minimum atomic E-state index is -0.509. The van der Waals surface area contributed by atoms with Gasteiger partial charge in [0.1, 0.15) is 5.82 Å². The van der Waals surface area contributed by atoms with Gasteiger partial charge in [0.15, 0.2) is 0 Å². The molecule has 1 fully saturated rings. The molecule has 17 heavy (non-hydrogen) atoms. The Morgan fingerprint density at radius 3 is 2.88 bits per heavy atom. The van der Waals surface area contributed by atoms with Gasteiger partial charge in [0.05, 0.1) is 11.8 Å². The summed E-state index contributed by atoms with van der Waals surface area (Å²) in [5, 5.41) is 2.84. The minimum absolute atomic E-state index is 0.00535. The maximum atomic E-state index is 12.9. The Kier molecular flexibility index (Phi) is 3.68. The highest BCUT2D eigenvalue weighted by atomic mass is 19.1. The van der Waals surface area contributed by atoms with Crippen LogP contribution in [0.25, 0.3) is 0 Å². The first-order valence-electron chi connectivity index (χ1n) is 5.84. The maximum absolute atomic E-state index is 12.9. The van der Waals surface area contributed by atoms with Crippen LogP contribution in [0.2, 0.25) is 0 Å². The van der Waals surface area contributed by atoms with Crippen molar-refractivity contribution in [3.05, 3.63) is 29.8 Å². The zero-order chi connectivity index (χ0) is 12.3. The van der Waals surface area contributed by atoms with E-state index in [1.165, 1.54) is 12.3 Å². The van der Waals surface area contributed by atoms with Crippen LogP contribution < -0.4 is 11.1 Å². The third-order valence-electron chi connectivity index (χ3n) is 3.10. The van der Waals surface area contributed by atoms with Crippen LogP contribution in [0.1, 0.15) is 36.0 Å². The van der Waals surface area contributed by atoms with Crippen LogP contribution in [0.4, 0.5) is 4.39 Å². The lowest BCUT2D eigenvalue weighted by Gasteiger charge is -2.29. The lowest BCUT2D eigenvalue weighted by molar-refractivity contribution is 0.0920. The zero-order valence-corrected chi connectivity index (χ0v) is 9.53. The van der Waals surface area contributed by atoms with Gasteiger partial charge in [0, 0.05) is 18.3 Å². The Hall–Kier alpha value is -1.49. The quantitative estimate of drug-likeness (QED) is 0.812. The lowest BCUT2D eigenvalue weighted by Crippen LogP contribution is -2.49. The smallest absolute Gasteiger partial charge is 0.253 e. The Morgan fingerprint density at radius 2 is 2.18 bits per heavy atom. The highest BCUT2D eigenvalue weighted by Gasteiger charge is 2.23. The number of amides is 1. The van der Waals surface area contributed by atoms with E-state index in [0.717, 1.165) is 31.9 Å². The molecule has 1 aromatic rings. The standard InChI is InChI=1S/C12H16FN3O/c13-9-5-8(6-15-7-9)12(17)16-11-4-2-1-3-10(11)14/h5-7,10-11H,1-4,14H2,(H,16,17). The molecule has 4 nitrogen and oxygen atoms in total. The molecule has 0 saturated heterocycles. The number of hydrogen-bond acceptors (Lipinski definition) is 3. The number of halogens is 1. The number of nitrogens with one attached hydrogen (secondary N) is 1. The largest absolute Gasteiger partial charge is 0.348 e. The molecule has 1 amide bonds. The predicted molar refractivity (Wildman–Crippen MR) is 61.9 cm³/mol. The molecular formula is C12H16FN3O. The van der Waals surface area contributed by atoms with Gasteiger partial charge >= 0.3 is 0 Å². The number of nitrogens with two attached hydrogens (primary N) is 1. The normalized spacial score (nSPS) is 24.4. The van der Waals surface area contributed by atoms with Crippen molar-refractivity contribution in [1.82, 2.24) is 10.3 Å². The molecule has 1 saturated carbocycles. The van der Waals surface area contributed by atoms with Gasteiger partial charge in [0.2, 0.25) is 0 Å². The van der Waals surface area contributed by atoms with E-state index in [2.05, 4.69) is 10.3 Å². The van der Waals surface area contributed by atoms with Gasteiger partial charge < -0.3 is 11.1 Å². The van der Waals surface area contributed by atoms with Crippen LogP contribution in [-0.2, 0) is 0 Å². The molecular weight excluding hydrogens is 221 g/mol. The van der Waals surface area contributed by atoms with Crippen LogP contribution in [0.3, 0.4) is 0 Å². The summed E-state index contributed by atoms with van der Waals surface area (Å²) in [4.78, 5) is 15.5. The Balaban J connectivity index is 2.01. The molecule has 0 aliphatic heterocycles. The topological polar surface area (TPSA) is 68.0 Å². The van der Waals surface area contributed by atoms with Crippen LogP contribution in [0.15, 0.2) is 18.5 Å². The number of carbonyl (C=O) groups excluding carboxylic acids is 1. The van der Waals surface area contributed by atoms with Gasteiger partial charge in [-0.2, -0.15) is 0 Å². The van der Waals surface area contributed by atoms with Gasteiger partial charge in [-0.1, -0.05) is 12.8 Å². The Labute approximate surface area is 99.4 Å². The molecule has 5 heteroatoms.